The topological polar surface area (TPSA) is 32.5 Å². The van der Waals surface area contributed by atoms with Crippen LogP contribution in [-0.2, 0) is 6.54 Å². The van der Waals surface area contributed by atoms with E-state index in [0.29, 0.717) is 6.04 Å². The van der Waals surface area contributed by atoms with Crippen molar-refractivity contribution in [2.24, 2.45) is 0 Å². The molecule has 94 valence electrons. The number of nitrogens with zero attached hydrogens (tertiary/aromatic N) is 2. The average Bonchev–Trinajstić information content (AvgIpc) is 2.72. The van der Waals surface area contributed by atoms with Crippen molar-refractivity contribution in [2.45, 2.75) is 19.0 Å². The van der Waals surface area contributed by atoms with E-state index in [1.807, 2.05) is 18.2 Å². The molecule has 3 nitrogen and oxygen atoms in total. The third-order valence-electron chi connectivity index (χ3n) is 3.51. The molecule has 1 aliphatic heterocycles. The van der Waals surface area contributed by atoms with Gasteiger partial charge in [0.05, 0.1) is 0 Å². The van der Waals surface area contributed by atoms with Crippen molar-refractivity contribution >= 4 is 17.3 Å². The van der Waals surface area contributed by atoms with E-state index in [4.69, 9.17) is 17.3 Å². The van der Waals surface area contributed by atoms with Gasteiger partial charge in [0.15, 0.2) is 0 Å². The van der Waals surface area contributed by atoms with E-state index in [1.165, 1.54) is 6.42 Å². The van der Waals surface area contributed by atoms with Crippen molar-refractivity contribution < 1.29 is 0 Å². The van der Waals surface area contributed by atoms with Crippen molar-refractivity contribution in [3.8, 4) is 0 Å². The molecule has 0 aromatic heterocycles. The Hall–Kier alpha value is -0.770. The number of hydrogen-bond donors (Lipinski definition) is 1. The van der Waals surface area contributed by atoms with Gasteiger partial charge in [-0.05, 0) is 32.6 Å². The van der Waals surface area contributed by atoms with E-state index in [9.17, 15) is 0 Å². The maximum Gasteiger partial charge on any atom is 0.0471 e. The third kappa shape index (κ3) is 2.92. The van der Waals surface area contributed by atoms with Gasteiger partial charge in [0, 0.05) is 41.9 Å². The molecule has 1 unspecified atom stereocenters. The number of benzene rings is 1. The van der Waals surface area contributed by atoms with Crippen LogP contribution in [0.2, 0.25) is 5.02 Å². The molecule has 1 saturated heterocycles. The maximum atomic E-state index is 6.19. The number of halogens is 1. The molecule has 0 aliphatic carbocycles. The van der Waals surface area contributed by atoms with Gasteiger partial charge in [0.2, 0.25) is 0 Å². The quantitative estimate of drug-likeness (QED) is 0.837. The zero-order chi connectivity index (χ0) is 12.4. The fourth-order valence-corrected chi connectivity index (χ4v) is 2.58. The van der Waals surface area contributed by atoms with Gasteiger partial charge in [0.25, 0.3) is 0 Å². The van der Waals surface area contributed by atoms with E-state index in [-0.39, 0.29) is 0 Å². The van der Waals surface area contributed by atoms with E-state index in [2.05, 4.69) is 23.9 Å². The molecule has 0 bridgehead atoms. The molecule has 0 radical (unpaired) electrons. The predicted octanol–water partition coefficient (Wildman–Crippen LogP) is 2.06. The molecule has 2 rings (SSSR count). The van der Waals surface area contributed by atoms with Crippen LogP contribution in [0.25, 0.3) is 0 Å². The number of nitrogens with two attached hydrogens (primary N) is 1. The van der Waals surface area contributed by atoms with E-state index in [0.717, 1.165) is 35.9 Å². The van der Waals surface area contributed by atoms with Crippen LogP contribution < -0.4 is 5.73 Å². The standard InChI is InChI=1S/C13H20ClN3/c1-16(2)10-6-7-17(8-10)9-11-12(14)4-3-5-13(11)15/h3-5,10H,6-9,15H2,1-2H3. The molecule has 1 heterocycles. The molecular weight excluding hydrogens is 234 g/mol. The van der Waals surface area contributed by atoms with E-state index in [1.54, 1.807) is 0 Å². The molecular formula is C13H20ClN3. The van der Waals surface area contributed by atoms with Crippen molar-refractivity contribution in [2.75, 3.05) is 32.9 Å². The van der Waals surface area contributed by atoms with Gasteiger partial charge in [-0.2, -0.15) is 0 Å². The molecule has 2 N–H and O–H groups in total. The smallest absolute Gasteiger partial charge is 0.0471 e. The molecule has 17 heavy (non-hydrogen) atoms. The number of rotatable bonds is 3. The Morgan fingerprint density at radius 3 is 2.82 bits per heavy atom. The molecule has 0 spiro atoms. The number of anilines is 1. The summed E-state index contributed by atoms with van der Waals surface area (Å²) < 4.78 is 0. The first-order valence-electron chi connectivity index (χ1n) is 5.99. The van der Waals surface area contributed by atoms with Gasteiger partial charge in [-0.3, -0.25) is 4.90 Å². The molecule has 1 fully saturated rings. The van der Waals surface area contributed by atoms with Gasteiger partial charge in [-0.25, -0.2) is 0 Å². The number of likely N-dealkylation sites (N-methyl/N-ethyl adjacent to an activating group) is 1. The summed E-state index contributed by atoms with van der Waals surface area (Å²) >= 11 is 6.19. The van der Waals surface area contributed by atoms with Crippen LogP contribution in [0.4, 0.5) is 5.69 Å². The minimum atomic E-state index is 0.652. The minimum Gasteiger partial charge on any atom is -0.398 e. The molecule has 1 aromatic carbocycles. The van der Waals surface area contributed by atoms with Crippen molar-refractivity contribution in [3.05, 3.63) is 28.8 Å². The third-order valence-corrected chi connectivity index (χ3v) is 3.87. The summed E-state index contributed by atoms with van der Waals surface area (Å²) in [6.45, 7) is 3.07. The lowest BCUT2D eigenvalue weighted by Gasteiger charge is -2.21. The number of hydrogen-bond acceptors (Lipinski definition) is 3. The Kier molecular flexibility index (Phi) is 3.92. The largest absolute Gasteiger partial charge is 0.398 e. The Morgan fingerprint density at radius 2 is 2.24 bits per heavy atom. The zero-order valence-electron chi connectivity index (χ0n) is 10.5. The second kappa shape index (κ2) is 5.25. The predicted molar refractivity (Wildman–Crippen MR) is 73.2 cm³/mol. The Morgan fingerprint density at radius 1 is 1.47 bits per heavy atom. The summed E-state index contributed by atoms with van der Waals surface area (Å²) in [5.74, 6) is 0. The molecule has 1 atom stereocenters. The molecule has 4 heteroatoms. The summed E-state index contributed by atoms with van der Waals surface area (Å²) in [5.41, 5.74) is 7.83. The van der Waals surface area contributed by atoms with E-state index < -0.39 is 0 Å². The van der Waals surface area contributed by atoms with Crippen LogP contribution in [0.5, 0.6) is 0 Å². The minimum absolute atomic E-state index is 0.652. The number of nitrogen functional groups attached to an aromatic ring is 1. The molecule has 0 saturated carbocycles. The van der Waals surface area contributed by atoms with Gasteiger partial charge in [-0.1, -0.05) is 17.7 Å². The second-order valence-electron chi connectivity index (χ2n) is 4.95. The highest BCUT2D eigenvalue weighted by molar-refractivity contribution is 6.31. The van der Waals surface area contributed by atoms with Crippen molar-refractivity contribution in [1.29, 1.82) is 0 Å². The van der Waals surface area contributed by atoms with Gasteiger partial charge in [0.1, 0.15) is 0 Å². The molecule has 1 aliphatic rings. The summed E-state index contributed by atoms with van der Waals surface area (Å²) in [6.07, 6.45) is 1.22. The van der Waals surface area contributed by atoms with Crippen molar-refractivity contribution in [3.63, 3.8) is 0 Å². The first-order chi connectivity index (χ1) is 8.08. The first-order valence-corrected chi connectivity index (χ1v) is 6.37. The fraction of sp³-hybridized carbons (Fsp3) is 0.538. The second-order valence-corrected chi connectivity index (χ2v) is 5.36. The Bertz CT molecular complexity index is 372. The highest BCUT2D eigenvalue weighted by Gasteiger charge is 2.24. The highest BCUT2D eigenvalue weighted by atomic mass is 35.5. The normalized spacial score (nSPS) is 21.3. The van der Waals surface area contributed by atoms with Gasteiger partial charge < -0.3 is 10.6 Å². The lowest BCUT2D eigenvalue weighted by Crippen LogP contribution is -2.31. The SMILES string of the molecule is CN(C)C1CCN(Cc2c(N)cccc2Cl)C1. The molecule has 0 amide bonds. The summed E-state index contributed by atoms with van der Waals surface area (Å²) in [6, 6.07) is 6.38. The van der Waals surface area contributed by atoms with Crippen molar-refractivity contribution in [1.82, 2.24) is 9.80 Å². The summed E-state index contributed by atoms with van der Waals surface area (Å²) in [4.78, 5) is 4.71. The van der Waals surface area contributed by atoms with Crippen LogP contribution in [0.1, 0.15) is 12.0 Å². The van der Waals surface area contributed by atoms with Crippen LogP contribution in [-0.4, -0.2) is 43.0 Å². The first kappa shape index (κ1) is 12.7. The molecule has 1 aromatic rings. The zero-order valence-corrected chi connectivity index (χ0v) is 11.2. The monoisotopic (exact) mass is 253 g/mol. The summed E-state index contributed by atoms with van der Waals surface area (Å²) in [7, 11) is 4.27. The number of likely N-dealkylation sites (tertiary alicyclic amines) is 1. The van der Waals surface area contributed by atoms with Crippen LogP contribution in [0.15, 0.2) is 18.2 Å². The maximum absolute atomic E-state index is 6.19. The van der Waals surface area contributed by atoms with Gasteiger partial charge in [-0.15, -0.1) is 0 Å². The van der Waals surface area contributed by atoms with Gasteiger partial charge >= 0.3 is 0 Å². The highest BCUT2D eigenvalue weighted by Crippen LogP contribution is 2.25. The van der Waals surface area contributed by atoms with E-state index >= 15 is 0 Å². The van der Waals surface area contributed by atoms with Crippen LogP contribution >= 0.6 is 11.6 Å². The lowest BCUT2D eigenvalue weighted by atomic mass is 10.1. The van der Waals surface area contributed by atoms with Crippen LogP contribution in [0.3, 0.4) is 0 Å². The summed E-state index contributed by atoms with van der Waals surface area (Å²) in [5, 5.41) is 0.776. The fourth-order valence-electron chi connectivity index (χ4n) is 2.34. The average molecular weight is 254 g/mol. The Balaban J connectivity index is 2.03. The Labute approximate surface area is 108 Å². The lowest BCUT2D eigenvalue weighted by molar-refractivity contribution is 0.265. The van der Waals surface area contributed by atoms with Crippen LogP contribution in [0, 0.1) is 0 Å².